The van der Waals surface area contributed by atoms with E-state index in [0.717, 1.165) is 12.0 Å². The van der Waals surface area contributed by atoms with Gasteiger partial charge in [-0.1, -0.05) is 66.5 Å². The van der Waals surface area contributed by atoms with Crippen LogP contribution in [0.3, 0.4) is 0 Å². The van der Waals surface area contributed by atoms with Gasteiger partial charge in [-0.15, -0.1) is 0 Å². The van der Waals surface area contributed by atoms with Gasteiger partial charge in [0, 0.05) is 34.6 Å². The van der Waals surface area contributed by atoms with E-state index in [0.29, 0.717) is 28.5 Å². The number of amides is 2. The van der Waals surface area contributed by atoms with E-state index >= 15 is 0 Å². The first kappa shape index (κ1) is 23.2. The summed E-state index contributed by atoms with van der Waals surface area (Å²) < 4.78 is 0. The summed E-state index contributed by atoms with van der Waals surface area (Å²) in [6.45, 7) is 5.86. The molecule has 2 aromatic carbocycles. The van der Waals surface area contributed by atoms with Crippen LogP contribution in [-0.4, -0.2) is 28.8 Å². The molecule has 0 radical (unpaired) electrons. The van der Waals surface area contributed by atoms with E-state index in [1.54, 1.807) is 30.0 Å². The van der Waals surface area contributed by atoms with Crippen molar-refractivity contribution in [2.24, 2.45) is 0 Å². The summed E-state index contributed by atoms with van der Waals surface area (Å²) >= 11 is 12.6. The van der Waals surface area contributed by atoms with Crippen LogP contribution in [0, 0.1) is 0 Å². The zero-order valence-electron chi connectivity index (χ0n) is 17.1. The Morgan fingerprint density at radius 2 is 1.62 bits per heavy atom. The molecule has 0 saturated carbocycles. The van der Waals surface area contributed by atoms with E-state index in [1.807, 2.05) is 44.2 Å². The van der Waals surface area contributed by atoms with Gasteiger partial charge in [-0.25, -0.2) is 0 Å². The fourth-order valence-corrected chi connectivity index (χ4v) is 3.46. The summed E-state index contributed by atoms with van der Waals surface area (Å²) in [6, 6.07) is 14.4. The molecule has 156 valence electrons. The molecule has 0 aliphatic carbocycles. The van der Waals surface area contributed by atoms with Crippen LogP contribution in [0.4, 0.5) is 0 Å². The number of halogens is 2. The highest BCUT2D eigenvalue weighted by Gasteiger charge is 2.27. The van der Waals surface area contributed by atoms with Crippen LogP contribution < -0.4 is 5.32 Å². The molecule has 2 rings (SSSR count). The number of hydrogen-bond acceptors (Lipinski definition) is 2. The molecular formula is C23H28Cl2N2O2. The van der Waals surface area contributed by atoms with Gasteiger partial charge in [0.15, 0.2) is 0 Å². The molecule has 0 spiro atoms. The van der Waals surface area contributed by atoms with E-state index in [2.05, 4.69) is 5.32 Å². The van der Waals surface area contributed by atoms with Gasteiger partial charge in [0.05, 0.1) is 0 Å². The minimum Gasteiger partial charge on any atom is -0.352 e. The standard InChI is InChI=1S/C23H28Cl2N2O2/c1-4-16(2)26-23(29)17(3)27(15-19-20(24)11-8-12-21(19)25)22(28)14-13-18-9-6-5-7-10-18/h5-12,16-17H,4,13-15H2,1-3H3,(H,26,29)/t16-,17+/m1/s1. The lowest BCUT2D eigenvalue weighted by molar-refractivity contribution is -0.140. The Bertz CT molecular complexity index is 807. The summed E-state index contributed by atoms with van der Waals surface area (Å²) in [5.74, 6) is -0.299. The fraction of sp³-hybridized carbons (Fsp3) is 0.391. The third-order valence-corrected chi connectivity index (χ3v) is 5.74. The van der Waals surface area contributed by atoms with Crippen molar-refractivity contribution in [2.75, 3.05) is 0 Å². The Morgan fingerprint density at radius 1 is 1.00 bits per heavy atom. The van der Waals surface area contributed by atoms with Crippen molar-refractivity contribution in [3.05, 3.63) is 69.7 Å². The van der Waals surface area contributed by atoms with Gasteiger partial charge in [-0.3, -0.25) is 9.59 Å². The van der Waals surface area contributed by atoms with Gasteiger partial charge in [0.25, 0.3) is 0 Å². The maximum atomic E-state index is 13.1. The summed E-state index contributed by atoms with van der Waals surface area (Å²) in [5.41, 5.74) is 1.72. The second kappa shape index (κ2) is 11.2. The van der Waals surface area contributed by atoms with Crippen molar-refractivity contribution >= 4 is 35.0 Å². The number of nitrogens with one attached hydrogen (secondary N) is 1. The molecule has 0 aromatic heterocycles. The maximum Gasteiger partial charge on any atom is 0.242 e. The Hall–Kier alpha value is -2.04. The van der Waals surface area contributed by atoms with Gasteiger partial charge in [0.1, 0.15) is 6.04 Å². The molecular weight excluding hydrogens is 407 g/mol. The van der Waals surface area contributed by atoms with Crippen molar-refractivity contribution in [2.45, 2.75) is 58.7 Å². The average molecular weight is 435 g/mol. The lowest BCUT2D eigenvalue weighted by Crippen LogP contribution is -2.49. The highest BCUT2D eigenvalue weighted by molar-refractivity contribution is 6.36. The minimum absolute atomic E-state index is 0.0372. The Labute approximate surface area is 183 Å². The van der Waals surface area contributed by atoms with E-state index in [1.165, 1.54) is 0 Å². The molecule has 2 aromatic rings. The summed E-state index contributed by atoms with van der Waals surface area (Å²) in [5, 5.41) is 3.91. The van der Waals surface area contributed by atoms with Crippen LogP contribution in [0.1, 0.15) is 44.7 Å². The van der Waals surface area contributed by atoms with Crippen LogP contribution in [0.25, 0.3) is 0 Å². The van der Waals surface area contributed by atoms with E-state index < -0.39 is 6.04 Å². The number of hydrogen-bond donors (Lipinski definition) is 1. The molecule has 6 heteroatoms. The van der Waals surface area contributed by atoms with Gasteiger partial charge >= 0.3 is 0 Å². The first-order chi connectivity index (χ1) is 13.8. The first-order valence-corrected chi connectivity index (χ1v) is 10.7. The second-order valence-corrected chi connectivity index (χ2v) is 8.02. The third-order valence-electron chi connectivity index (χ3n) is 5.03. The topological polar surface area (TPSA) is 49.4 Å². The molecule has 29 heavy (non-hydrogen) atoms. The number of nitrogens with zero attached hydrogens (tertiary/aromatic N) is 1. The normalized spacial score (nSPS) is 12.9. The fourth-order valence-electron chi connectivity index (χ4n) is 2.94. The molecule has 0 fully saturated rings. The summed E-state index contributed by atoms with van der Waals surface area (Å²) in [6.07, 6.45) is 1.72. The third kappa shape index (κ3) is 6.76. The predicted molar refractivity (Wildman–Crippen MR) is 119 cm³/mol. The summed E-state index contributed by atoms with van der Waals surface area (Å²) in [7, 11) is 0. The number of carbonyl (C=O) groups is 2. The highest BCUT2D eigenvalue weighted by atomic mass is 35.5. The van der Waals surface area contributed by atoms with E-state index in [-0.39, 0.29) is 24.4 Å². The van der Waals surface area contributed by atoms with Gasteiger partial charge in [-0.05, 0) is 44.4 Å². The Balaban J connectivity index is 2.21. The molecule has 2 amide bonds. The van der Waals surface area contributed by atoms with Crippen molar-refractivity contribution < 1.29 is 9.59 Å². The van der Waals surface area contributed by atoms with Gasteiger partial charge < -0.3 is 10.2 Å². The number of benzene rings is 2. The molecule has 1 N–H and O–H groups in total. The Kier molecular flexibility index (Phi) is 8.99. The van der Waals surface area contributed by atoms with Crippen LogP contribution in [0.5, 0.6) is 0 Å². The van der Waals surface area contributed by atoms with Crippen molar-refractivity contribution in [3.63, 3.8) is 0 Å². The lowest BCUT2D eigenvalue weighted by atomic mass is 10.1. The molecule has 0 unspecified atom stereocenters. The SMILES string of the molecule is CC[C@@H](C)NC(=O)[C@H](C)N(Cc1c(Cl)cccc1Cl)C(=O)CCc1ccccc1. The zero-order valence-corrected chi connectivity index (χ0v) is 18.6. The second-order valence-electron chi connectivity index (χ2n) is 7.20. The van der Waals surface area contributed by atoms with E-state index in [4.69, 9.17) is 23.2 Å². The maximum absolute atomic E-state index is 13.1. The average Bonchev–Trinajstić information content (AvgIpc) is 2.72. The number of rotatable bonds is 9. The van der Waals surface area contributed by atoms with Crippen molar-refractivity contribution in [1.82, 2.24) is 10.2 Å². The molecule has 2 atom stereocenters. The molecule has 0 heterocycles. The summed E-state index contributed by atoms with van der Waals surface area (Å²) in [4.78, 5) is 27.4. The molecule has 4 nitrogen and oxygen atoms in total. The van der Waals surface area contributed by atoms with Crippen LogP contribution >= 0.6 is 23.2 Å². The van der Waals surface area contributed by atoms with Crippen LogP contribution in [-0.2, 0) is 22.6 Å². The van der Waals surface area contributed by atoms with Gasteiger partial charge in [-0.2, -0.15) is 0 Å². The number of carbonyl (C=O) groups excluding carboxylic acids is 2. The zero-order chi connectivity index (χ0) is 21.4. The highest BCUT2D eigenvalue weighted by Crippen LogP contribution is 2.27. The Morgan fingerprint density at radius 3 is 2.21 bits per heavy atom. The van der Waals surface area contributed by atoms with E-state index in [9.17, 15) is 9.59 Å². The van der Waals surface area contributed by atoms with Crippen molar-refractivity contribution in [1.29, 1.82) is 0 Å². The van der Waals surface area contributed by atoms with Crippen LogP contribution in [0.2, 0.25) is 10.0 Å². The minimum atomic E-state index is -0.639. The first-order valence-electron chi connectivity index (χ1n) is 9.90. The molecule has 0 aliphatic rings. The van der Waals surface area contributed by atoms with Gasteiger partial charge in [0.2, 0.25) is 11.8 Å². The lowest BCUT2D eigenvalue weighted by Gasteiger charge is -2.30. The quantitative estimate of drug-likeness (QED) is 0.584. The molecule has 0 aliphatic heterocycles. The van der Waals surface area contributed by atoms with Crippen molar-refractivity contribution in [3.8, 4) is 0 Å². The largest absolute Gasteiger partial charge is 0.352 e. The monoisotopic (exact) mass is 434 g/mol. The predicted octanol–water partition coefficient (Wildman–Crippen LogP) is 5.26. The number of aryl methyl sites for hydroxylation is 1. The van der Waals surface area contributed by atoms with Crippen LogP contribution in [0.15, 0.2) is 48.5 Å². The molecule has 0 saturated heterocycles. The molecule has 0 bridgehead atoms. The smallest absolute Gasteiger partial charge is 0.242 e.